The van der Waals surface area contributed by atoms with Gasteiger partial charge in [-0.1, -0.05) is 44.0 Å². The Labute approximate surface area is 96.0 Å². The predicted octanol–water partition coefficient (Wildman–Crippen LogP) is 4.26. The third kappa shape index (κ3) is 1.99. The Hall–Kier alpha value is 0.180. The summed E-state index contributed by atoms with van der Waals surface area (Å²) in [6.07, 6.45) is 1.35. The molecular weight excluding hydrogens is 292 g/mol. The number of hydrogen-bond acceptors (Lipinski definition) is 0. The van der Waals surface area contributed by atoms with Gasteiger partial charge in [0, 0.05) is 9.80 Å². The molecule has 1 saturated carbocycles. The van der Waals surface area contributed by atoms with E-state index in [0.29, 0.717) is 0 Å². The molecule has 1 aliphatic rings. The van der Waals surface area contributed by atoms with Crippen molar-refractivity contribution in [1.82, 2.24) is 0 Å². The fraction of sp³-hybridized carbons (Fsp3) is 0.455. The largest absolute Gasteiger partial charge is 0.0925 e. The van der Waals surface area contributed by atoms with Crippen LogP contribution in [0.2, 0.25) is 0 Å². The van der Waals surface area contributed by atoms with Gasteiger partial charge >= 0.3 is 0 Å². The lowest BCUT2D eigenvalue weighted by molar-refractivity contribution is 0.935. The molecule has 2 rings (SSSR count). The van der Waals surface area contributed by atoms with Crippen molar-refractivity contribution in [1.29, 1.82) is 0 Å². The average molecular weight is 304 g/mol. The lowest BCUT2D eigenvalue weighted by Gasteiger charge is -2.02. The molecule has 2 heteroatoms. The average Bonchev–Trinajstić information content (AvgIpc) is 2.88. The smallest absolute Gasteiger partial charge is 0.0204 e. The van der Waals surface area contributed by atoms with Gasteiger partial charge in [-0.3, -0.25) is 0 Å². The second kappa shape index (κ2) is 3.74. The van der Waals surface area contributed by atoms with Crippen molar-refractivity contribution < 1.29 is 0 Å². The van der Waals surface area contributed by atoms with Gasteiger partial charge in [0.15, 0.2) is 0 Å². The van der Waals surface area contributed by atoms with Gasteiger partial charge in [0.2, 0.25) is 0 Å². The van der Waals surface area contributed by atoms with Crippen LogP contribution < -0.4 is 0 Å². The van der Waals surface area contributed by atoms with Crippen LogP contribution in [0.4, 0.5) is 0 Å². The monoisotopic (exact) mass is 302 g/mol. The molecule has 0 N–H and O–H groups in total. The summed E-state index contributed by atoms with van der Waals surface area (Å²) in [5, 5.41) is 1.15. The normalized spacial score (nSPS) is 26.1. The van der Waals surface area contributed by atoms with Gasteiger partial charge in [-0.05, 0) is 42.4 Å². The number of hydrogen-bond donors (Lipinski definition) is 0. The van der Waals surface area contributed by atoms with Crippen molar-refractivity contribution in [2.45, 2.75) is 19.3 Å². The van der Waals surface area contributed by atoms with Gasteiger partial charge in [0.1, 0.15) is 0 Å². The van der Waals surface area contributed by atoms with Crippen LogP contribution in [0.15, 0.2) is 22.7 Å². The van der Waals surface area contributed by atoms with Crippen LogP contribution in [-0.4, -0.2) is 5.33 Å². The zero-order chi connectivity index (χ0) is 9.42. The fourth-order valence-electron chi connectivity index (χ4n) is 1.72. The third-order valence-electron chi connectivity index (χ3n) is 2.73. The quantitative estimate of drug-likeness (QED) is 0.716. The molecule has 0 radical (unpaired) electrons. The molecule has 0 bridgehead atoms. The Morgan fingerprint density at radius 1 is 1.46 bits per heavy atom. The Kier molecular flexibility index (Phi) is 2.80. The molecule has 1 aromatic rings. The summed E-state index contributed by atoms with van der Waals surface area (Å²) in [5.74, 6) is 1.69. The van der Waals surface area contributed by atoms with E-state index in [9.17, 15) is 0 Å². The van der Waals surface area contributed by atoms with E-state index in [0.717, 1.165) is 17.2 Å². The highest BCUT2D eigenvalue weighted by Crippen LogP contribution is 2.48. The molecule has 70 valence electrons. The maximum absolute atomic E-state index is 3.54. The highest BCUT2D eigenvalue weighted by atomic mass is 79.9. The number of benzene rings is 1. The van der Waals surface area contributed by atoms with E-state index in [1.165, 1.54) is 22.0 Å². The van der Waals surface area contributed by atoms with E-state index in [4.69, 9.17) is 0 Å². The van der Waals surface area contributed by atoms with Crippen LogP contribution in [-0.2, 0) is 0 Å². The molecule has 1 aliphatic carbocycles. The van der Waals surface area contributed by atoms with Crippen LogP contribution in [0.3, 0.4) is 0 Å². The van der Waals surface area contributed by atoms with Crippen molar-refractivity contribution in [2.75, 3.05) is 5.33 Å². The molecule has 0 aromatic heterocycles. The minimum Gasteiger partial charge on any atom is -0.0925 e. The molecule has 0 spiro atoms. The Morgan fingerprint density at radius 3 is 2.77 bits per heavy atom. The summed E-state index contributed by atoms with van der Waals surface area (Å²) in [5.41, 5.74) is 2.85. The molecule has 0 nitrogen and oxygen atoms in total. The zero-order valence-corrected chi connectivity index (χ0v) is 10.7. The SMILES string of the molecule is Cc1cc(C2CC2CBr)ccc1Br. The maximum Gasteiger partial charge on any atom is 0.0204 e. The van der Waals surface area contributed by atoms with Crippen LogP contribution in [0.1, 0.15) is 23.5 Å². The van der Waals surface area contributed by atoms with Gasteiger partial charge in [-0.25, -0.2) is 0 Å². The van der Waals surface area contributed by atoms with Crippen molar-refractivity contribution in [3.05, 3.63) is 33.8 Å². The summed E-state index contributed by atoms with van der Waals surface area (Å²) in [7, 11) is 0. The molecule has 0 amide bonds. The predicted molar refractivity (Wildman–Crippen MR) is 63.5 cm³/mol. The summed E-state index contributed by atoms with van der Waals surface area (Å²) in [4.78, 5) is 0. The van der Waals surface area contributed by atoms with Crippen molar-refractivity contribution in [3.63, 3.8) is 0 Å². The first-order valence-electron chi connectivity index (χ1n) is 4.54. The number of rotatable bonds is 2. The molecule has 0 saturated heterocycles. The zero-order valence-electron chi connectivity index (χ0n) is 7.56. The van der Waals surface area contributed by atoms with Crippen LogP contribution in [0.25, 0.3) is 0 Å². The van der Waals surface area contributed by atoms with E-state index in [2.05, 4.69) is 57.0 Å². The van der Waals surface area contributed by atoms with Gasteiger partial charge in [-0.15, -0.1) is 0 Å². The topological polar surface area (TPSA) is 0 Å². The summed E-state index contributed by atoms with van der Waals surface area (Å²) in [6.45, 7) is 2.15. The van der Waals surface area contributed by atoms with Gasteiger partial charge in [0.05, 0.1) is 0 Å². The van der Waals surface area contributed by atoms with E-state index >= 15 is 0 Å². The molecule has 0 aliphatic heterocycles. The lowest BCUT2D eigenvalue weighted by atomic mass is 10.1. The molecule has 2 unspecified atom stereocenters. The van der Waals surface area contributed by atoms with Crippen molar-refractivity contribution in [3.8, 4) is 0 Å². The Morgan fingerprint density at radius 2 is 2.23 bits per heavy atom. The Balaban J connectivity index is 2.19. The van der Waals surface area contributed by atoms with Crippen LogP contribution in [0, 0.1) is 12.8 Å². The van der Waals surface area contributed by atoms with Gasteiger partial charge < -0.3 is 0 Å². The number of aryl methyl sites for hydroxylation is 1. The minimum atomic E-state index is 0.811. The third-order valence-corrected chi connectivity index (χ3v) is 4.45. The lowest BCUT2D eigenvalue weighted by Crippen LogP contribution is -1.86. The minimum absolute atomic E-state index is 0.811. The van der Waals surface area contributed by atoms with E-state index < -0.39 is 0 Å². The summed E-state index contributed by atoms with van der Waals surface area (Å²) in [6, 6.07) is 6.70. The molecule has 0 heterocycles. The van der Waals surface area contributed by atoms with Crippen molar-refractivity contribution >= 4 is 31.9 Å². The first-order chi connectivity index (χ1) is 6.22. The van der Waals surface area contributed by atoms with Crippen LogP contribution >= 0.6 is 31.9 Å². The van der Waals surface area contributed by atoms with E-state index in [-0.39, 0.29) is 0 Å². The highest BCUT2D eigenvalue weighted by Gasteiger charge is 2.37. The van der Waals surface area contributed by atoms with E-state index in [1.807, 2.05) is 0 Å². The van der Waals surface area contributed by atoms with Crippen molar-refractivity contribution in [2.24, 2.45) is 5.92 Å². The first-order valence-corrected chi connectivity index (χ1v) is 6.46. The molecule has 1 fully saturated rings. The highest BCUT2D eigenvalue weighted by molar-refractivity contribution is 9.10. The molecule has 1 aromatic carbocycles. The van der Waals surface area contributed by atoms with Gasteiger partial charge in [0.25, 0.3) is 0 Å². The first kappa shape index (κ1) is 9.72. The molecular formula is C11H12Br2. The molecule has 13 heavy (non-hydrogen) atoms. The maximum atomic E-state index is 3.54. The second-order valence-corrected chi connectivity index (χ2v) is 5.27. The standard InChI is InChI=1S/C11H12Br2/c1-7-4-8(2-3-11(7)13)10-5-9(10)6-12/h2-4,9-10H,5-6H2,1H3. The Bertz CT molecular complexity index is 320. The summed E-state index contributed by atoms with van der Waals surface area (Å²) >= 11 is 7.06. The summed E-state index contributed by atoms with van der Waals surface area (Å²) < 4.78 is 1.22. The number of alkyl halides is 1. The fourth-order valence-corrected chi connectivity index (χ4v) is 2.69. The molecule has 2 atom stereocenters. The number of halogens is 2. The second-order valence-electron chi connectivity index (χ2n) is 3.77. The van der Waals surface area contributed by atoms with Gasteiger partial charge in [-0.2, -0.15) is 0 Å². The van der Waals surface area contributed by atoms with E-state index in [1.54, 1.807) is 0 Å². The van der Waals surface area contributed by atoms with Crippen LogP contribution in [0.5, 0.6) is 0 Å².